The Balaban J connectivity index is 0.000000640. The van der Waals surface area contributed by atoms with E-state index in [1.165, 1.54) is 0 Å². The molecule has 0 heterocycles. The fourth-order valence-corrected chi connectivity index (χ4v) is 0.716. The van der Waals surface area contributed by atoms with Crippen LogP contribution in [0.3, 0.4) is 0 Å². The summed E-state index contributed by atoms with van der Waals surface area (Å²) in [6, 6.07) is 7.32. The first-order valence-electron chi connectivity index (χ1n) is 2.23. The van der Waals surface area contributed by atoms with Crippen molar-refractivity contribution in [3.63, 3.8) is 0 Å². The maximum absolute atomic E-state index is 5.58. The maximum atomic E-state index is 5.58. The summed E-state index contributed by atoms with van der Waals surface area (Å²) >= 11 is 9.65. The Hall–Kier alpha value is 0.379. The van der Waals surface area contributed by atoms with Gasteiger partial charge in [0.2, 0.25) is 0 Å². The van der Waals surface area contributed by atoms with E-state index in [4.69, 9.17) is 11.6 Å². The molecule has 0 N–H and O–H groups in total. The van der Waals surface area contributed by atoms with Crippen molar-refractivity contribution in [2.24, 2.45) is 0 Å². The monoisotopic (exact) mass is 207 g/mol. The van der Waals surface area contributed by atoms with E-state index in [0.717, 1.165) is 9.92 Å². The summed E-state index contributed by atoms with van der Waals surface area (Å²) < 4.78 is 0. The van der Waals surface area contributed by atoms with E-state index in [9.17, 15) is 0 Å². The van der Waals surface area contributed by atoms with Gasteiger partial charge in [0.15, 0.2) is 0 Å². The van der Waals surface area contributed by atoms with Crippen LogP contribution in [0.1, 0.15) is 0 Å². The van der Waals surface area contributed by atoms with Crippen LogP contribution in [0.4, 0.5) is 0 Å². The summed E-state index contributed by atoms with van der Waals surface area (Å²) in [5.41, 5.74) is 0. The standard InChI is InChI=1S/C6H5ClS.Cu/c7-5-1-3-6(8)4-2-5;/h1-4,8H;. The largest absolute Gasteiger partial charge is 0.143 e. The van der Waals surface area contributed by atoms with Crippen molar-refractivity contribution in [3.8, 4) is 0 Å². The molecule has 9 heavy (non-hydrogen) atoms. The van der Waals surface area contributed by atoms with Crippen LogP contribution in [0.2, 0.25) is 5.02 Å². The molecular weight excluding hydrogens is 203 g/mol. The van der Waals surface area contributed by atoms with Crippen LogP contribution in [0.15, 0.2) is 29.2 Å². The maximum Gasteiger partial charge on any atom is 0.0406 e. The zero-order valence-corrected chi connectivity index (χ0v) is 7.03. The van der Waals surface area contributed by atoms with Gasteiger partial charge >= 0.3 is 0 Å². The van der Waals surface area contributed by atoms with Crippen LogP contribution in [0.5, 0.6) is 0 Å². The van der Waals surface area contributed by atoms with Gasteiger partial charge in [-0.05, 0) is 24.3 Å². The predicted octanol–water partition coefficient (Wildman–Crippen LogP) is 2.63. The number of rotatable bonds is 0. The molecule has 3 heteroatoms. The molecule has 53 valence electrons. The van der Waals surface area contributed by atoms with Crippen LogP contribution in [0, 0.1) is 0 Å². The molecule has 1 aromatic carbocycles. The van der Waals surface area contributed by atoms with Crippen LogP contribution >= 0.6 is 24.2 Å². The van der Waals surface area contributed by atoms with Gasteiger partial charge < -0.3 is 0 Å². The number of thiol groups is 1. The molecular formula is C6H5ClCuS. The Morgan fingerprint density at radius 1 is 1.11 bits per heavy atom. The second-order valence-electron chi connectivity index (χ2n) is 1.48. The van der Waals surface area contributed by atoms with Crippen LogP contribution < -0.4 is 0 Å². The Bertz CT molecular complexity index is 152. The predicted molar refractivity (Wildman–Crippen MR) is 38.7 cm³/mol. The van der Waals surface area contributed by atoms with E-state index in [0.29, 0.717) is 0 Å². The van der Waals surface area contributed by atoms with Crippen molar-refractivity contribution in [2.75, 3.05) is 0 Å². The second kappa shape index (κ2) is 4.24. The molecule has 0 saturated heterocycles. The number of benzene rings is 1. The zero-order valence-electron chi connectivity index (χ0n) is 4.44. The van der Waals surface area contributed by atoms with Gasteiger partial charge in [0.05, 0.1) is 0 Å². The van der Waals surface area contributed by atoms with Gasteiger partial charge in [0.25, 0.3) is 0 Å². The summed E-state index contributed by atoms with van der Waals surface area (Å²) in [7, 11) is 0. The molecule has 0 atom stereocenters. The van der Waals surface area contributed by atoms with Gasteiger partial charge in [-0.3, -0.25) is 0 Å². The van der Waals surface area contributed by atoms with Gasteiger partial charge in [-0.25, -0.2) is 0 Å². The molecule has 0 unspecified atom stereocenters. The third kappa shape index (κ3) is 3.17. The SMILES string of the molecule is Sc1ccc(Cl)cc1.[Cu]. The van der Waals surface area contributed by atoms with Crippen molar-refractivity contribution in [1.29, 1.82) is 0 Å². The average molecular weight is 208 g/mol. The Morgan fingerprint density at radius 3 is 1.89 bits per heavy atom. The second-order valence-corrected chi connectivity index (χ2v) is 2.43. The van der Waals surface area contributed by atoms with Gasteiger partial charge in [-0.1, -0.05) is 11.6 Å². The number of hydrogen-bond donors (Lipinski definition) is 1. The van der Waals surface area contributed by atoms with Crippen molar-refractivity contribution < 1.29 is 17.1 Å². The van der Waals surface area contributed by atoms with Gasteiger partial charge in [0.1, 0.15) is 0 Å². The topological polar surface area (TPSA) is 0 Å². The molecule has 0 spiro atoms. The summed E-state index contributed by atoms with van der Waals surface area (Å²) in [5, 5.41) is 0.753. The van der Waals surface area contributed by atoms with Gasteiger partial charge in [0, 0.05) is 27.0 Å². The van der Waals surface area contributed by atoms with Crippen molar-refractivity contribution in [2.45, 2.75) is 4.90 Å². The van der Waals surface area contributed by atoms with Crippen LogP contribution in [0.25, 0.3) is 0 Å². The molecule has 1 aromatic rings. The minimum Gasteiger partial charge on any atom is -0.143 e. The van der Waals surface area contributed by atoms with Crippen molar-refractivity contribution >= 4 is 24.2 Å². The molecule has 0 amide bonds. The summed E-state index contributed by atoms with van der Waals surface area (Å²) in [4.78, 5) is 0.939. The average Bonchev–Trinajstić information content (AvgIpc) is 1.77. The van der Waals surface area contributed by atoms with E-state index in [-0.39, 0.29) is 17.1 Å². The van der Waals surface area contributed by atoms with Gasteiger partial charge in [-0.2, -0.15) is 0 Å². The van der Waals surface area contributed by atoms with Crippen LogP contribution in [-0.2, 0) is 17.1 Å². The fraction of sp³-hybridized carbons (Fsp3) is 0. The quantitative estimate of drug-likeness (QED) is 0.491. The molecule has 0 nitrogen and oxygen atoms in total. The molecule has 0 aliphatic rings. The smallest absolute Gasteiger partial charge is 0.0406 e. The van der Waals surface area contributed by atoms with Crippen molar-refractivity contribution in [1.82, 2.24) is 0 Å². The zero-order chi connectivity index (χ0) is 5.98. The molecule has 0 aliphatic carbocycles. The summed E-state index contributed by atoms with van der Waals surface area (Å²) in [6.45, 7) is 0. The third-order valence-electron chi connectivity index (χ3n) is 0.827. The van der Waals surface area contributed by atoms with E-state index in [1.807, 2.05) is 24.3 Å². The first kappa shape index (κ1) is 9.38. The normalized spacial score (nSPS) is 8.22. The number of hydrogen-bond acceptors (Lipinski definition) is 1. The summed E-state index contributed by atoms with van der Waals surface area (Å²) in [6.07, 6.45) is 0. The minimum absolute atomic E-state index is 0. The third-order valence-corrected chi connectivity index (χ3v) is 1.38. The van der Waals surface area contributed by atoms with E-state index >= 15 is 0 Å². The van der Waals surface area contributed by atoms with E-state index < -0.39 is 0 Å². The molecule has 0 aliphatic heterocycles. The molecule has 0 fully saturated rings. The Kier molecular flexibility index (Phi) is 4.41. The molecule has 0 saturated carbocycles. The van der Waals surface area contributed by atoms with Crippen molar-refractivity contribution in [3.05, 3.63) is 29.3 Å². The molecule has 0 aromatic heterocycles. The van der Waals surface area contributed by atoms with Crippen LogP contribution in [-0.4, -0.2) is 0 Å². The van der Waals surface area contributed by atoms with Gasteiger partial charge in [-0.15, -0.1) is 12.6 Å². The fourth-order valence-electron chi connectivity index (χ4n) is 0.441. The molecule has 0 bridgehead atoms. The van der Waals surface area contributed by atoms with E-state index in [1.54, 1.807) is 0 Å². The Labute approximate surface area is 75.5 Å². The first-order chi connectivity index (χ1) is 3.79. The summed E-state index contributed by atoms with van der Waals surface area (Å²) in [5.74, 6) is 0. The first-order valence-corrected chi connectivity index (χ1v) is 3.06. The molecule has 1 rings (SSSR count). The number of halogens is 1. The molecule has 1 radical (unpaired) electrons. The van der Waals surface area contributed by atoms with E-state index in [2.05, 4.69) is 12.6 Å². The Morgan fingerprint density at radius 2 is 1.56 bits per heavy atom. The minimum atomic E-state index is 0.